The van der Waals surface area contributed by atoms with Crippen LogP contribution >= 0.6 is 0 Å². The van der Waals surface area contributed by atoms with E-state index in [0.29, 0.717) is 5.56 Å². The fraction of sp³-hybridized carbons (Fsp3) is 0.261. The Labute approximate surface area is 197 Å². The molecular formula is C23H21N3O7S. The molecule has 2 amide bonds. The number of nitro benzene ring substituents is 1. The average molecular weight is 484 g/mol. The van der Waals surface area contributed by atoms with Gasteiger partial charge in [0, 0.05) is 12.1 Å². The minimum absolute atomic E-state index is 0.0300. The van der Waals surface area contributed by atoms with Crippen LogP contribution in [-0.2, 0) is 43.3 Å². The topological polar surface area (TPSA) is 142 Å². The molecule has 1 N–H and O–H groups in total. The van der Waals surface area contributed by atoms with Crippen molar-refractivity contribution in [2.75, 3.05) is 0 Å². The molecule has 2 heterocycles. The van der Waals surface area contributed by atoms with E-state index in [0.717, 1.165) is 10.5 Å². The van der Waals surface area contributed by atoms with Crippen LogP contribution in [0, 0.1) is 10.1 Å². The van der Waals surface area contributed by atoms with Crippen molar-refractivity contribution in [2.45, 2.75) is 36.6 Å². The molecule has 0 aromatic heterocycles. The van der Waals surface area contributed by atoms with Crippen LogP contribution in [0.4, 0.5) is 5.69 Å². The van der Waals surface area contributed by atoms with Crippen LogP contribution in [0.15, 0.2) is 66.4 Å². The number of rotatable bonds is 7. The highest BCUT2D eigenvalue weighted by Crippen LogP contribution is 2.37. The predicted molar refractivity (Wildman–Crippen MR) is 121 cm³/mol. The van der Waals surface area contributed by atoms with Gasteiger partial charge in [-0.3, -0.25) is 24.6 Å². The first kappa shape index (κ1) is 23.5. The van der Waals surface area contributed by atoms with E-state index in [2.05, 4.69) is 5.32 Å². The van der Waals surface area contributed by atoms with Gasteiger partial charge < -0.3 is 14.6 Å². The lowest BCUT2D eigenvalue weighted by Gasteiger charge is -2.49. The maximum atomic E-state index is 12.8. The summed E-state index contributed by atoms with van der Waals surface area (Å²) >= 11 is -1.53. The summed E-state index contributed by atoms with van der Waals surface area (Å²) in [5.74, 6) is -1.70. The van der Waals surface area contributed by atoms with E-state index in [-0.39, 0.29) is 30.3 Å². The normalized spacial score (nSPS) is 23.3. The number of nitrogens with zero attached hydrogens (tertiary/aromatic N) is 2. The number of esters is 1. The first-order valence-corrected chi connectivity index (χ1v) is 11.7. The maximum Gasteiger partial charge on any atom is 0.355 e. The molecule has 2 aromatic carbocycles. The number of non-ortho nitro benzene ring substituents is 1. The van der Waals surface area contributed by atoms with Crippen LogP contribution in [0.3, 0.4) is 0 Å². The lowest BCUT2D eigenvalue weighted by Crippen LogP contribution is -2.75. The molecule has 4 rings (SSSR count). The maximum absolute atomic E-state index is 12.8. The molecule has 2 aliphatic rings. The van der Waals surface area contributed by atoms with Gasteiger partial charge in [0.1, 0.15) is 17.6 Å². The van der Waals surface area contributed by atoms with Crippen LogP contribution in [-0.4, -0.2) is 48.8 Å². The van der Waals surface area contributed by atoms with Crippen LogP contribution in [0.1, 0.15) is 18.1 Å². The lowest BCUT2D eigenvalue weighted by atomic mass is 10.0. The molecule has 34 heavy (non-hydrogen) atoms. The van der Waals surface area contributed by atoms with Gasteiger partial charge in [0.25, 0.3) is 11.6 Å². The second-order valence-corrected chi connectivity index (χ2v) is 9.78. The summed E-state index contributed by atoms with van der Waals surface area (Å²) in [7, 11) is 0. The molecule has 2 aromatic rings. The van der Waals surface area contributed by atoms with Crippen LogP contribution in [0.25, 0.3) is 0 Å². The molecule has 0 aliphatic carbocycles. The van der Waals surface area contributed by atoms with E-state index >= 15 is 0 Å². The zero-order chi connectivity index (χ0) is 24.4. The number of hydrogen-bond acceptors (Lipinski definition) is 7. The van der Waals surface area contributed by atoms with Crippen molar-refractivity contribution in [3.63, 3.8) is 0 Å². The van der Waals surface area contributed by atoms with Gasteiger partial charge in [-0.2, -0.15) is 0 Å². The van der Waals surface area contributed by atoms with Gasteiger partial charge in [-0.15, -0.1) is 0 Å². The van der Waals surface area contributed by atoms with E-state index in [1.165, 1.54) is 30.3 Å². The largest absolute Gasteiger partial charge is 0.614 e. The van der Waals surface area contributed by atoms with Crippen molar-refractivity contribution < 1.29 is 28.6 Å². The smallest absolute Gasteiger partial charge is 0.355 e. The van der Waals surface area contributed by atoms with Crippen molar-refractivity contribution in [2.24, 2.45) is 0 Å². The number of hydrogen-bond donors (Lipinski definition) is 1. The van der Waals surface area contributed by atoms with Crippen molar-refractivity contribution in [3.05, 3.63) is 87.6 Å². The summed E-state index contributed by atoms with van der Waals surface area (Å²) in [4.78, 5) is 49.3. The Kier molecular flexibility index (Phi) is 6.66. The minimum Gasteiger partial charge on any atom is -0.614 e. The Morgan fingerprint density at radius 1 is 1.12 bits per heavy atom. The first-order valence-electron chi connectivity index (χ1n) is 10.4. The summed E-state index contributed by atoms with van der Waals surface area (Å²) in [6.45, 7) is 1.50. The Morgan fingerprint density at radius 3 is 2.44 bits per heavy atom. The van der Waals surface area contributed by atoms with Gasteiger partial charge in [-0.25, -0.2) is 4.79 Å². The van der Waals surface area contributed by atoms with Gasteiger partial charge in [0.15, 0.2) is 6.04 Å². The zero-order valence-electron chi connectivity index (χ0n) is 18.1. The molecular weight excluding hydrogens is 462 g/mol. The second kappa shape index (κ2) is 9.65. The zero-order valence-corrected chi connectivity index (χ0v) is 18.9. The standard InChI is InChI=1S/C23H21N3O7S/c1-14-11-18(23(29)33-13-16-7-9-17(10-8-16)26(30)31)25-21(28)20(22(25)34(14)32)24-19(27)12-15-5-3-2-4-6-15/h2-11,14,20,22H,12-13H2,1H3,(H,24,27)/t14?,20?,22-,34?/m0/s1. The number of amides is 2. The fourth-order valence-electron chi connectivity index (χ4n) is 3.79. The first-order chi connectivity index (χ1) is 16.3. The Hall–Kier alpha value is -3.70. The highest BCUT2D eigenvalue weighted by Gasteiger charge is 2.61. The Balaban J connectivity index is 1.41. The van der Waals surface area contributed by atoms with Crippen LogP contribution < -0.4 is 5.32 Å². The van der Waals surface area contributed by atoms with E-state index in [1.54, 1.807) is 31.2 Å². The Morgan fingerprint density at radius 2 is 1.79 bits per heavy atom. The molecule has 10 nitrogen and oxygen atoms in total. The average Bonchev–Trinajstić information content (AvgIpc) is 2.83. The molecule has 0 radical (unpaired) electrons. The number of β-lactam (4-membered cyclic amide) rings is 1. The van der Waals surface area contributed by atoms with Gasteiger partial charge >= 0.3 is 5.97 Å². The van der Waals surface area contributed by atoms with E-state index in [9.17, 15) is 29.1 Å². The second-order valence-electron chi connectivity index (χ2n) is 7.89. The minimum atomic E-state index is -1.53. The molecule has 0 bridgehead atoms. The molecule has 1 saturated heterocycles. The van der Waals surface area contributed by atoms with Crippen LogP contribution in [0.5, 0.6) is 0 Å². The number of fused-ring (bicyclic) bond motifs is 1. The van der Waals surface area contributed by atoms with E-state index in [1.807, 2.05) is 6.07 Å². The monoisotopic (exact) mass is 483 g/mol. The third kappa shape index (κ3) is 4.66. The van der Waals surface area contributed by atoms with Crippen molar-refractivity contribution >= 4 is 34.6 Å². The summed E-state index contributed by atoms with van der Waals surface area (Å²) in [6, 6.07) is 13.5. The molecule has 1 fully saturated rings. The number of carbonyl (C=O) groups is 3. The molecule has 11 heteroatoms. The number of carbonyl (C=O) groups excluding carboxylic acids is 3. The van der Waals surface area contributed by atoms with Gasteiger partial charge in [-0.1, -0.05) is 30.3 Å². The fourth-order valence-corrected chi connectivity index (χ4v) is 5.37. The van der Waals surface area contributed by atoms with Gasteiger partial charge in [0.2, 0.25) is 11.3 Å². The number of benzene rings is 2. The summed E-state index contributed by atoms with van der Waals surface area (Å²) in [5.41, 5.74) is 1.19. The van der Waals surface area contributed by atoms with Gasteiger partial charge in [-0.05, 0) is 47.4 Å². The number of nitro groups is 1. The summed E-state index contributed by atoms with van der Waals surface area (Å²) in [5, 5.41) is 12.0. The van der Waals surface area contributed by atoms with Crippen molar-refractivity contribution in [1.29, 1.82) is 0 Å². The highest BCUT2D eigenvalue weighted by atomic mass is 32.2. The van der Waals surface area contributed by atoms with Gasteiger partial charge in [0.05, 0.1) is 11.3 Å². The Bertz CT molecular complexity index is 1150. The lowest BCUT2D eigenvalue weighted by molar-refractivity contribution is -0.384. The quantitative estimate of drug-likeness (QED) is 0.207. The molecule has 0 saturated carbocycles. The molecule has 4 atom stereocenters. The number of ether oxygens (including phenoxy) is 1. The third-order valence-electron chi connectivity index (χ3n) is 5.55. The highest BCUT2D eigenvalue weighted by molar-refractivity contribution is 7.93. The van der Waals surface area contributed by atoms with Crippen molar-refractivity contribution in [3.8, 4) is 0 Å². The molecule has 0 spiro atoms. The van der Waals surface area contributed by atoms with Crippen LogP contribution in [0.2, 0.25) is 0 Å². The van der Waals surface area contributed by atoms with E-state index < -0.39 is 44.6 Å². The molecule has 2 aliphatic heterocycles. The number of nitrogens with one attached hydrogen (secondary N) is 1. The third-order valence-corrected chi connectivity index (χ3v) is 7.38. The molecule has 176 valence electrons. The SMILES string of the molecule is CC1C=C(C(=O)OCc2ccc([N+](=O)[O-])cc2)N2C(=O)C(NC(=O)Cc3ccccc3)[C@@H]2[S+]1[O-]. The summed E-state index contributed by atoms with van der Waals surface area (Å²) in [6.07, 6.45) is 1.49. The summed E-state index contributed by atoms with van der Waals surface area (Å²) < 4.78 is 18.1. The van der Waals surface area contributed by atoms with E-state index in [4.69, 9.17) is 4.74 Å². The predicted octanol–water partition coefficient (Wildman–Crippen LogP) is 1.57. The molecule has 3 unspecified atom stereocenters. The van der Waals surface area contributed by atoms with Crippen molar-refractivity contribution in [1.82, 2.24) is 10.2 Å².